The van der Waals surface area contributed by atoms with E-state index in [0.29, 0.717) is 25.7 Å². The molecule has 244 valence electrons. The zero-order valence-electron chi connectivity index (χ0n) is 25.2. The normalized spacial score (nSPS) is 12.2. The Bertz CT molecular complexity index is 645. The van der Waals surface area contributed by atoms with Gasteiger partial charge in [0, 0.05) is 13.1 Å². The Hall–Kier alpha value is -1.52. The number of hydrogen-bond donors (Lipinski definition) is 2. The minimum atomic E-state index is -4.87. The number of carbonyl (C=O) groups excluding carboxylic acids is 2. The van der Waals surface area contributed by atoms with E-state index in [-0.39, 0.29) is 13.1 Å². The molecule has 0 aliphatic heterocycles. The quantitative estimate of drug-likeness (QED) is 0.0732. The number of nitrogens with one attached hydrogen (secondary N) is 2. The maximum Gasteiger partial charge on any atom is 0.471 e. The van der Waals surface area contributed by atoms with Crippen molar-refractivity contribution >= 4 is 11.8 Å². The first-order valence-corrected chi connectivity index (χ1v) is 15.9. The van der Waals surface area contributed by atoms with Crippen molar-refractivity contribution in [2.24, 2.45) is 0 Å². The monoisotopic (exact) mass is 603 g/mol. The topological polar surface area (TPSA) is 61.4 Å². The van der Waals surface area contributed by atoms with Crippen LogP contribution in [0.2, 0.25) is 0 Å². The highest BCUT2D eigenvalue weighted by Gasteiger charge is 2.38. The minimum absolute atomic E-state index is 0.00918. The van der Waals surface area contributed by atoms with Crippen LogP contribution in [0.25, 0.3) is 0 Å². The molecule has 5 nitrogen and oxygen atoms in total. The van der Waals surface area contributed by atoms with Gasteiger partial charge in [0.05, 0.1) is 0 Å². The van der Waals surface area contributed by atoms with Gasteiger partial charge in [-0.25, -0.2) is 0 Å². The van der Waals surface area contributed by atoms with Crippen LogP contribution in [0, 0.1) is 0 Å². The van der Waals surface area contributed by atoms with Gasteiger partial charge in [0.25, 0.3) is 0 Å². The molecule has 0 aliphatic rings. The van der Waals surface area contributed by atoms with Crippen LogP contribution in [0.4, 0.5) is 26.3 Å². The Morgan fingerprint density at radius 2 is 0.732 bits per heavy atom. The van der Waals surface area contributed by atoms with Crippen LogP contribution in [-0.4, -0.2) is 61.8 Å². The van der Waals surface area contributed by atoms with Crippen LogP contribution in [-0.2, 0) is 9.59 Å². The van der Waals surface area contributed by atoms with Crippen molar-refractivity contribution in [3.8, 4) is 0 Å². The van der Waals surface area contributed by atoms with E-state index in [9.17, 15) is 35.9 Å². The summed E-state index contributed by atoms with van der Waals surface area (Å²) in [6.45, 7) is 4.64. The van der Waals surface area contributed by atoms with Gasteiger partial charge in [0.2, 0.25) is 0 Å². The molecular weight excluding hydrogens is 548 g/mol. The van der Waals surface area contributed by atoms with Gasteiger partial charge in [0.1, 0.15) is 0 Å². The molecule has 0 spiro atoms. The maximum atomic E-state index is 12.3. The predicted octanol–water partition coefficient (Wildman–Crippen LogP) is 8.47. The van der Waals surface area contributed by atoms with E-state index < -0.39 is 24.2 Å². The number of hydrogen-bond acceptors (Lipinski definition) is 3. The molecule has 0 rings (SSSR count). The third kappa shape index (κ3) is 25.9. The van der Waals surface area contributed by atoms with Gasteiger partial charge in [-0.2, -0.15) is 26.3 Å². The maximum absolute atomic E-state index is 12.3. The second-order valence-corrected chi connectivity index (χ2v) is 11.1. The molecule has 0 aliphatic carbocycles. The second kappa shape index (κ2) is 25.0. The molecule has 0 saturated carbocycles. The zero-order valence-corrected chi connectivity index (χ0v) is 25.2. The summed E-state index contributed by atoms with van der Waals surface area (Å²) in [5, 5.41) is 3.77. The largest absolute Gasteiger partial charge is 0.471 e. The number of rotatable bonds is 27. The lowest BCUT2D eigenvalue weighted by atomic mass is 10.0. The Balaban J connectivity index is 4.07. The molecule has 0 aromatic heterocycles. The summed E-state index contributed by atoms with van der Waals surface area (Å²) in [6, 6.07) is 0. The molecule has 0 fully saturated rings. The Morgan fingerprint density at radius 3 is 1.07 bits per heavy atom. The summed E-state index contributed by atoms with van der Waals surface area (Å²) < 4.78 is 73.5. The van der Waals surface area contributed by atoms with Crippen molar-refractivity contribution in [3.63, 3.8) is 0 Å². The summed E-state index contributed by atoms with van der Waals surface area (Å²) in [6.07, 6.45) is 12.2. The molecule has 41 heavy (non-hydrogen) atoms. The Kier molecular flexibility index (Phi) is 24.1. The fourth-order valence-corrected chi connectivity index (χ4v) is 4.74. The Labute approximate surface area is 243 Å². The Morgan fingerprint density at radius 1 is 0.463 bits per heavy atom. The molecule has 0 radical (unpaired) electrons. The predicted molar refractivity (Wildman–Crippen MR) is 153 cm³/mol. The zero-order chi connectivity index (χ0) is 30.8. The number of unbranched alkanes of at least 4 members (excludes halogenated alkanes) is 17. The van der Waals surface area contributed by atoms with Crippen LogP contribution in [0.15, 0.2) is 0 Å². The van der Waals surface area contributed by atoms with Gasteiger partial charge in [0.15, 0.2) is 0 Å². The standard InChI is InChI=1S/C30H55F6N3O2/c1-2-3-4-5-6-7-8-9-10-11-12-13-15-19-24-39(26-21-18-23-38-28(41)30(34,35)36)25-20-16-14-17-22-37-27(40)29(31,32)33/h2-26H2,1H3,(H,37,40)(H,38,41). The minimum Gasteiger partial charge on any atom is -0.348 e. The van der Waals surface area contributed by atoms with Crippen LogP contribution >= 0.6 is 0 Å². The summed E-state index contributed by atoms with van der Waals surface area (Å²) in [4.78, 5) is 24.0. The van der Waals surface area contributed by atoms with Crippen molar-refractivity contribution in [1.29, 1.82) is 0 Å². The first kappa shape index (κ1) is 39.5. The van der Waals surface area contributed by atoms with Crippen molar-refractivity contribution in [3.05, 3.63) is 0 Å². The van der Waals surface area contributed by atoms with Crippen LogP contribution in [0.1, 0.15) is 135 Å². The molecule has 0 heterocycles. The lowest BCUT2D eigenvalue weighted by molar-refractivity contribution is -0.173. The van der Waals surface area contributed by atoms with E-state index in [1.54, 1.807) is 0 Å². The number of nitrogens with zero attached hydrogens (tertiary/aromatic N) is 1. The van der Waals surface area contributed by atoms with E-state index in [2.05, 4.69) is 11.8 Å². The third-order valence-corrected chi connectivity index (χ3v) is 7.22. The van der Waals surface area contributed by atoms with Crippen LogP contribution in [0.5, 0.6) is 0 Å². The van der Waals surface area contributed by atoms with Gasteiger partial charge >= 0.3 is 24.2 Å². The summed E-state index contributed by atoms with van der Waals surface area (Å²) in [5.74, 6) is -3.83. The van der Waals surface area contributed by atoms with Crippen molar-refractivity contribution in [2.45, 2.75) is 148 Å². The number of alkyl halides is 6. The molecular formula is C30H55F6N3O2. The molecule has 0 saturated heterocycles. The van der Waals surface area contributed by atoms with Gasteiger partial charge in [-0.05, 0) is 51.7 Å². The van der Waals surface area contributed by atoms with Gasteiger partial charge in [-0.15, -0.1) is 0 Å². The highest BCUT2D eigenvalue weighted by molar-refractivity contribution is 5.81. The van der Waals surface area contributed by atoms with E-state index in [1.165, 1.54) is 77.0 Å². The van der Waals surface area contributed by atoms with Gasteiger partial charge in [-0.3, -0.25) is 9.59 Å². The lowest BCUT2D eigenvalue weighted by Gasteiger charge is -2.22. The van der Waals surface area contributed by atoms with E-state index in [1.807, 2.05) is 10.6 Å². The van der Waals surface area contributed by atoms with E-state index in [4.69, 9.17) is 0 Å². The third-order valence-electron chi connectivity index (χ3n) is 7.22. The molecule has 2 amide bonds. The lowest BCUT2D eigenvalue weighted by Crippen LogP contribution is -2.37. The van der Waals surface area contributed by atoms with Gasteiger partial charge < -0.3 is 15.5 Å². The van der Waals surface area contributed by atoms with E-state index >= 15 is 0 Å². The molecule has 11 heteroatoms. The number of halogens is 6. The van der Waals surface area contributed by atoms with Crippen LogP contribution in [0.3, 0.4) is 0 Å². The molecule has 0 unspecified atom stereocenters. The SMILES string of the molecule is CCCCCCCCCCCCCCCCN(CCCCCCNC(=O)C(F)(F)F)CCCCNC(=O)C(F)(F)F. The smallest absolute Gasteiger partial charge is 0.348 e. The first-order valence-electron chi connectivity index (χ1n) is 15.9. The van der Waals surface area contributed by atoms with Crippen molar-refractivity contribution in [2.75, 3.05) is 32.7 Å². The number of amides is 2. The number of carbonyl (C=O) groups is 2. The highest BCUT2D eigenvalue weighted by atomic mass is 19.4. The van der Waals surface area contributed by atoms with Crippen molar-refractivity contribution in [1.82, 2.24) is 15.5 Å². The fourth-order valence-electron chi connectivity index (χ4n) is 4.74. The summed E-state index contributed by atoms with van der Waals surface area (Å²) >= 11 is 0. The molecule has 0 bridgehead atoms. The van der Waals surface area contributed by atoms with Crippen LogP contribution < -0.4 is 10.6 Å². The molecule has 0 aromatic carbocycles. The second-order valence-electron chi connectivity index (χ2n) is 11.1. The van der Waals surface area contributed by atoms with Crippen molar-refractivity contribution < 1.29 is 35.9 Å². The first-order chi connectivity index (χ1) is 19.5. The highest BCUT2D eigenvalue weighted by Crippen LogP contribution is 2.16. The average Bonchev–Trinajstić information content (AvgIpc) is 2.90. The van der Waals surface area contributed by atoms with E-state index in [0.717, 1.165) is 45.3 Å². The summed E-state index contributed by atoms with van der Waals surface area (Å²) in [7, 11) is 0. The molecule has 2 N–H and O–H groups in total. The average molecular weight is 604 g/mol. The molecule has 0 aromatic rings. The van der Waals surface area contributed by atoms with Gasteiger partial charge in [-0.1, -0.05) is 103 Å². The summed E-state index contributed by atoms with van der Waals surface area (Å²) in [5.41, 5.74) is 0. The fraction of sp³-hybridized carbons (Fsp3) is 0.933. The molecule has 0 atom stereocenters.